The summed E-state index contributed by atoms with van der Waals surface area (Å²) in [6.45, 7) is 1.66. The van der Waals surface area contributed by atoms with Crippen LogP contribution in [0.4, 0.5) is 0 Å². The van der Waals surface area contributed by atoms with Crippen molar-refractivity contribution in [2.45, 2.75) is 32.1 Å². The van der Waals surface area contributed by atoms with Crippen LogP contribution in [-0.2, 0) is 29.3 Å². The standard InChI is InChI=1S/C25H24ClNO2/c26-24-12-5-4-11-21(24)22-14-23(22)25(28)27-15-19-9-6-10-20(13-19)17-29-16-18-7-2-1-3-8-18/h1-13,22-23H,14-17H2,(H,27,28). The van der Waals surface area contributed by atoms with E-state index in [0.29, 0.717) is 19.8 Å². The first-order valence-corrected chi connectivity index (χ1v) is 10.3. The number of carbonyl (C=O) groups excluding carboxylic acids is 1. The molecule has 148 valence electrons. The van der Waals surface area contributed by atoms with Gasteiger partial charge in [0.15, 0.2) is 0 Å². The fraction of sp³-hybridized carbons (Fsp3) is 0.240. The van der Waals surface area contributed by atoms with Gasteiger partial charge in [0.05, 0.1) is 13.2 Å². The highest BCUT2D eigenvalue weighted by atomic mass is 35.5. The first-order chi connectivity index (χ1) is 14.2. The van der Waals surface area contributed by atoms with E-state index in [1.807, 2.05) is 60.7 Å². The molecule has 0 aliphatic heterocycles. The molecule has 0 heterocycles. The molecule has 4 rings (SSSR count). The molecular weight excluding hydrogens is 382 g/mol. The maximum Gasteiger partial charge on any atom is 0.224 e. The zero-order valence-corrected chi connectivity index (χ0v) is 16.9. The van der Waals surface area contributed by atoms with Gasteiger partial charge in [-0.05, 0) is 40.7 Å². The molecule has 0 saturated heterocycles. The Bertz CT molecular complexity index is 973. The molecule has 2 unspecified atom stereocenters. The van der Waals surface area contributed by atoms with Crippen molar-refractivity contribution < 1.29 is 9.53 Å². The fourth-order valence-corrected chi connectivity index (χ4v) is 3.89. The van der Waals surface area contributed by atoms with Crippen LogP contribution >= 0.6 is 11.6 Å². The second kappa shape index (κ2) is 9.25. The first-order valence-electron chi connectivity index (χ1n) is 9.92. The van der Waals surface area contributed by atoms with Crippen LogP contribution in [0, 0.1) is 5.92 Å². The molecule has 3 aromatic carbocycles. The average Bonchev–Trinajstić information content (AvgIpc) is 3.54. The maximum absolute atomic E-state index is 12.5. The molecule has 1 aliphatic rings. The Labute approximate surface area is 176 Å². The van der Waals surface area contributed by atoms with Gasteiger partial charge in [-0.25, -0.2) is 0 Å². The highest BCUT2D eigenvalue weighted by Crippen LogP contribution is 2.49. The van der Waals surface area contributed by atoms with Gasteiger partial charge >= 0.3 is 0 Å². The van der Waals surface area contributed by atoms with Crippen LogP contribution in [-0.4, -0.2) is 5.91 Å². The van der Waals surface area contributed by atoms with Crippen molar-refractivity contribution in [2.75, 3.05) is 0 Å². The molecule has 1 aliphatic carbocycles. The largest absolute Gasteiger partial charge is 0.372 e. The number of nitrogens with one attached hydrogen (secondary N) is 1. The molecule has 2 atom stereocenters. The van der Waals surface area contributed by atoms with E-state index in [9.17, 15) is 4.79 Å². The van der Waals surface area contributed by atoms with E-state index in [4.69, 9.17) is 16.3 Å². The second-order valence-electron chi connectivity index (χ2n) is 7.49. The number of rotatable bonds is 8. The Hall–Kier alpha value is -2.62. The SMILES string of the molecule is O=C(NCc1cccc(COCc2ccccc2)c1)C1CC1c1ccccc1Cl. The third kappa shape index (κ3) is 5.26. The van der Waals surface area contributed by atoms with E-state index < -0.39 is 0 Å². The Morgan fingerprint density at radius 1 is 0.897 bits per heavy atom. The van der Waals surface area contributed by atoms with E-state index in [-0.39, 0.29) is 17.7 Å². The van der Waals surface area contributed by atoms with Crippen molar-refractivity contribution >= 4 is 17.5 Å². The third-order valence-electron chi connectivity index (χ3n) is 5.27. The molecule has 1 saturated carbocycles. The number of halogens is 1. The summed E-state index contributed by atoms with van der Waals surface area (Å²) in [6.07, 6.45) is 0.864. The summed E-state index contributed by atoms with van der Waals surface area (Å²) in [6, 6.07) is 26.1. The third-order valence-corrected chi connectivity index (χ3v) is 5.61. The number of amides is 1. The lowest BCUT2D eigenvalue weighted by molar-refractivity contribution is -0.122. The van der Waals surface area contributed by atoms with Crippen molar-refractivity contribution in [3.63, 3.8) is 0 Å². The van der Waals surface area contributed by atoms with Gasteiger partial charge in [-0.2, -0.15) is 0 Å². The van der Waals surface area contributed by atoms with Crippen molar-refractivity contribution in [3.8, 4) is 0 Å². The fourth-order valence-electron chi connectivity index (χ4n) is 3.61. The summed E-state index contributed by atoms with van der Waals surface area (Å²) in [5.41, 5.74) is 4.42. The van der Waals surface area contributed by atoms with E-state index in [1.165, 1.54) is 0 Å². The van der Waals surface area contributed by atoms with Crippen molar-refractivity contribution in [1.82, 2.24) is 5.32 Å². The highest BCUT2D eigenvalue weighted by molar-refractivity contribution is 6.31. The van der Waals surface area contributed by atoms with Gasteiger partial charge < -0.3 is 10.1 Å². The molecule has 3 nitrogen and oxygen atoms in total. The monoisotopic (exact) mass is 405 g/mol. The normalized spacial score (nSPS) is 17.7. The number of ether oxygens (including phenoxy) is 1. The molecule has 1 fully saturated rings. The molecule has 0 radical (unpaired) electrons. The Kier molecular flexibility index (Phi) is 6.28. The van der Waals surface area contributed by atoms with Crippen LogP contribution in [0.3, 0.4) is 0 Å². The summed E-state index contributed by atoms with van der Waals surface area (Å²) in [5, 5.41) is 3.81. The van der Waals surface area contributed by atoms with E-state index in [2.05, 4.69) is 23.5 Å². The van der Waals surface area contributed by atoms with E-state index in [1.54, 1.807) is 0 Å². The van der Waals surface area contributed by atoms with Crippen molar-refractivity contribution in [3.05, 3.63) is 106 Å². The first kappa shape index (κ1) is 19.7. The van der Waals surface area contributed by atoms with E-state index >= 15 is 0 Å². The van der Waals surface area contributed by atoms with Gasteiger partial charge in [0.2, 0.25) is 5.91 Å². The Balaban J connectivity index is 1.25. The smallest absolute Gasteiger partial charge is 0.224 e. The van der Waals surface area contributed by atoms with Crippen LogP contribution < -0.4 is 5.32 Å². The molecule has 4 heteroatoms. The summed E-state index contributed by atoms with van der Waals surface area (Å²) in [4.78, 5) is 12.5. The molecule has 1 N–H and O–H groups in total. The number of hydrogen-bond acceptors (Lipinski definition) is 2. The highest BCUT2D eigenvalue weighted by Gasteiger charge is 2.44. The molecule has 0 aromatic heterocycles. The molecule has 29 heavy (non-hydrogen) atoms. The lowest BCUT2D eigenvalue weighted by Crippen LogP contribution is -2.24. The molecule has 3 aromatic rings. The number of benzene rings is 3. The van der Waals surface area contributed by atoms with Gasteiger partial charge in [0.25, 0.3) is 0 Å². The quantitative estimate of drug-likeness (QED) is 0.539. The molecule has 0 spiro atoms. The Morgan fingerprint density at radius 2 is 1.59 bits per heavy atom. The topological polar surface area (TPSA) is 38.3 Å². The molecular formula is C25H24ClNO2. The van der Waals surface area contributed by atoms with Crippen LogP contribution in [0.25, 0.3) is 0 Å². The summed E-state index contributed by atoms with van der Waals surface area (Å²) >= 11 is 6.26. The minimum atomic E-state index is 0.0206. The van der Waals surface area contributed by atoms with Crippen molar-refractivity contribution in [2.24, 2.45) is 5.92 Å². The maximum atomic E-state index is 12.5. The molecule has 0 bridgehead atoms. The van der Waals surface area contributed by atoms with Gasteiger partial charge in [-0.1, -0.05) is 84.4 Å². The summed E-state index contributed by atoms with van der Waals surface area (Å²) in [7, 11) is 0. The van der Waals surface area contributed by atoms with Crippen molar-refractivity contribution in [1.29, 1.82) is 0 Å². The summed E-state index contributed by atoms with van der Waals surface area (Å²) < 4.78 is 5.81. The van der Waals surface area contributed by atoms with Crippen LogP contribution in [0.1, 0.15) is 34.6 Å². The predicted octanol–water partition coefficient (Wildman–Crippen LogP) is 5.48. The molecule has 1 amide bonds. The van der Waals surface area contributed by atoms with E-state index in [0.717, 1.165) is 33.7 Å². The lowest BCUT2D eigenvalue weighted by Gasteiger charge is -2.09. The zero-order valence-electron chi connectivity index (χ0n) is 16.2. The second-order valence-corrected chi connectivity index (χ2v) is 7.89. The Morgan fingerprint density at radius 3 is 2.41 bits per heavy atom. The van der Waals surface area contributed by atoms with Gasteiger partial charge in [-0.15, -0.1) is 0 Å². The zero-order chi connectivity index (χ0) is 20.1. The lowest BCUT2D eigenvalue weighted by atomic mass is 10.1. The summed E-state index contributed by atoms with van der Waals surface area (Å²) in [5.74, 6) is 0.356. The van der Waals surface area contributed by atoms with Gasteiger partial charge in [0.1, 0.15) is 0 Å². The number of hydrogen-bond donors (Lipinski definition) is 1. The van der Waals surface area contributed by atoms with Gasteiger partial charge in [-0.3, -0.25) is 4.79 Å². The minimum Gasteiger partial charge on any atom is -0.372 e. The van der Waals surface area contributed by atoms with Crippen LogP contribution in [0.15, 0.2) is 78.9 Å². The van der Waals surface area contributed by atoms with Crippen LogP contribution in [0.5, 0.6) is 0 Å². The van der Waals surface area contributed by atoms with Gasteiger partial charge in [0, 0.05) is 17.5 Å². The predicted molar refractivity (Wildman–Crippen MR) is 116 cm³/mol. The minimum absolute atomic E-state index is 0.0206. The number of carbonyl (C=O) groups is 1. The van der Waals surface area contributed by atoms with Crippen LogP contribution in [0.2, 0.25) is 5.02 Å². The average molecular weight is 406 g/mol.